The van der Waals surface area contributed by atoms with Crippen molar-refractivity contribution in [1.29, 1.82) is 0 Å². The molecule has 2 aliphatic rings. The number of hydrogen-bond donors (Lipinski definition) is 1. The van der Waals surface area contributed by atoms with Crippen molar-refractivity contribution in [3.8, 4) is 0 Å². The van der Waals surface area contributed by atoms with Crippen LogP contribution < -0.4 is 5.32 Å². The van der Waals surface area contributed by atoms with Crippen LogP contribution in [-0.4, -0.2) is 34.3 Å². The van der Waals surface area contributed by atoms with Crippen molar-refractivity contribution in [2.45, 2.75) is 90.3 Å². The highest BCUT2D eigenvalue weighted by atomic mass is 16.2. The average molecular weight is 294 g/mol. The summed E-state index contributed by atoms with van der Waals surface area (Å²) in [6, 6.07) is -0.175. The molecule has 1 saturated carbocycles. The zero-order valence-corrected chi connectivity index (χ0v) is 13.9. The predicted octanol–water partition coefficient (Wildman–Crippen LogP) is 2.86. The van der Waals surface area contributed by atoms with Gasteiger partial charge < -0.3 is 10.2 Å². The summed E-state index contributed by atoms with van der Waals surface area (Å²) in [6.45, 7) is 8.32. The lowest BCUT2D eigenvalue weighted by Gasteiger charge is -2.51. The van der Waals surface area contributed by atoms with Crippen LogP contribution in [0.25, 0.3) is 0 Å². The summed E-state index contributed by atoms with van der Waals surface area (Å²) < 4.78 is 0. The summed E-state index contributed by atoms with van der Waals surface area (Å²) in [5, 5.41) is 3.13. The Morgan fingerprint density at radius 3 is 2.29 bits per heavy atom. The lowest BCUT2D eigenvalue weighted by atomic mass is 9.76. The first kappa shape index (κ1) is 16.3. The van der Waals surface area contributed by atoms with Gasteiger partial charge in [-0.25, -0.2) is 0 Å². The van der Waals surface area contributed by atoms with Crippen LogP contribution in [0.15, 0.2) is 0 Å². The van der Waals surface area contributed by atoms with E-state index in [-0.39, 0.29) is 29.8 Å². The van der Waals surface area contributed by atoms with Crippen LogP contribution in [-0.2, 0) is 9.59 Å². The van der Waals surface area contributed by atoms with Gasteiger partial charge in [0.2, 0.25) is 11.8 Å². The molecular formula is C17H30N2O2. The molecule has 0 aromatic carbocycles. The predicted molar refractivity (Wildman–Crippen MR) is 83.8 cm³/mol. The second-order valence-corrected chi connectivity index (χ2v) is 6.93. The Morgan fingerprint density at radius 1 is 1.14 bits per heavy atom. The third-order valence-electron chi connectivity index (χ3n) is 5.53. The Kier molecular flexibility index (Phi) is 4.95. The number of nitrogens with one attached hydrogen (secondary N) is 1. The fourth-order valence-corrected chi connectivity index (χ4v) is 3.78. The highest BCUT2D eigenvalue weighted by molar-refractivity contribution is 6.00. The lowest BCUT2D eigenvalue weighted by molar-refractivity contribution is -0.161. The number of rotatable bonds is 4. The Bertz CT molecular complexity index is 402. The molecule has 2 fully saturated rings. The molecule has 1 saturated heterocycles. The monoisotopic (exact) mass is 294 g/mol. The van der Waals surface area contributed by atoms with E-state index in [1.165, 1.54) is 6.42 Å². The summed E-state index contributed by atoms with van der Waals surface area (Å²) >= 11 is 0. The van der Waals surface area contributed by atoms with Gasteiger partial charge in [0.1, 0.15) is 11.6 Å². The van der Waals surface area contributed by atoms with E-state index in [0.717, 1.165) is 38.5 Å². The normalized spacial score (nSPS) is 28.4. The number of hydrogen-bond acceptors (Lipinski definition) is 2. The first-order chi connectivity index (χ1) is 9.96. The highest BCUT2D eigenvalue weighted by Gasteiger charge is 2.52. The van der Waals surface area contributed by atoms with Gasteiger partial charge in [0.15, 0.2) is 0 Å². The van der Waals surface area contributed by atoms with E-state index in [1.807, 2.05) is 4.90 Å². The molecule has 4 heteroatoms. The maximum absolute atomic E-state index is 13.2. The van der Waals surface area contributed by atoms with Crippen molar-refractivity contribution in [3.05, 3.63) is 0 Å². The van der Waals surface area contributed by atoms with Gasteiger partial charge in [-0.05, 0) is 32.1 Å². The van der Waals surface area contributed by atoms with Gasteiger partial charge in [0.05, 0.1) is 0 Å². The van der Waals surface area contributed by atoms with Crippen LogP contribution in [0.3, 0.4) is 0 Å². The minimum absolute atomic E-state index is 0.0613. The zero-order chi connectivity index (χ0) is 15.6. The molecule has 1 spiro atoms. The molecule has 0 radical (unpaired) electrons. The van der Waals surface area contributed by atoms with Crippen molar-refractivity contribution in [2.24, 2.45) is 5.92 Å². The van der Waals surface area contributed by atoms with Crippen molar-refractivity contribution in [3.63, 3.8) is 0 Å². The van der Waals surface area contributed by atoms with E-state index < -0.39 is 5.54 Å². The summed E-state index contributed by atoms with van der Waals surface area (Å²) in [7, 11) is 0. The van der Waals surface area contributed by atoms with Gasteiger partial charge in [-0.15, -0.1) is 0 Å². The minimum Gasteiger partial charge on any atom is -0.340 e. The van der Waals surface area contributed by atoms with Crippen molar-refractivity contribution in [1.82, 2.24) is 10.2 Å². The summed E-state index contributed by atoms with van der Waals surface area (Å²) in [4.78, 5) is 27.8. The fraction of sp³-hybridized carbons (Fsp3) is 0.882. The van der Waals surface area contributed by atoms with E-state index in [9.17, 15) is 9.59 Å². The average Bonchev–Trinajstić information content (AvgIpc) is 2.50. The van der Waals surface area contributed by atoms with Gasteiger partial charge in [-0.2, -0.15) is 0 Å². The SMILES string of the molecule is CCC(C)C1C(=O)NC2(CCCCC2)C(=O)N1C(C)CC. The third-order valence-corrected chi connectivity index (χ3v) is 5.53. The highest BCUT2D eigenvalue weighted by Crippen LogP contribution is 2.36. The topological polar surface area (TPSA) is 49.4 Å². The second-order valence-electron chi connectivity index (χ2n) is 6.93. The van der Waals surface area contributed by atoms with Gasteiger partial charge in [-0.1, -0.05) is 46.5 Å². The standard InChI is InChI=1S/C17H30N2O2/c1-5-12(3)14-15(20)18-17(10-8-7-9-11-17)16(21)19(14)13(4)6-2/h12-14H,5-11H2,1-4H3,(H,18,20). The Labute approximate surface area is 128 Å². The smallest absolute Gasteiger partial charge is 0.249 e. The maximum atomic E-state index is 13.2. The first-order valence-corrected chi connectivity index (χ1v) is 8.61. The van der Waals surface area contributed by atoms with E-state index in [2.05, 4.69) is 33.0 Å². The molecule has 0 aromatic rings. The Hall–Kier alpha value is -1.06. The molecule has 1 aliphatic carbocycles. The molecule has 0 bridgehead atoms. The summed E-state index contributed by atoms with van der Waals surface area (Å²) in [5.74, 6) is 0.427. The lowest BCUT2D eigenvalue weighted by Crippen LogP contribution is -2.73. The third kappa shape index (κ3) is 2.82. The Morgan fingerprint density at radius 2 is 1.76 bits per heavy atom. The summed E-state index contributed by atoms with van der Waals surface area (Å²) in [6.07, 6.45) is 6.65. The molecule has 120 valence electrons. The number of amides is 2. The first-order valence-electron chi connectivity index (χ1n) is 8.61. The van der Waals surface area contributed by atoms with E-state index in [1.54, 1.807) is 0 Å². The van der Waals surface area contributed by atoms with Gasteiger partial charge in [-0.3, -0.25) is 9.59 Å². The molecule has 1 aliphatic heterocycles. The molecule has 3 atom stereocenters. The van der Waals surface area contributed by atoms with Crippen LogP contribution in [0.5, 0.6) is 0 Å². The molecule has 1 heterocycles. The molecule has 3 unspecified atom stereocenters. The summed E-state index contributed by atoms with van der Waals surface area (Å²) in [5.41, 5.74) is -0.608. The molecular weight excluding hydrogens is 264 g/mol. The van der Waals surface area contributed by atoms with Crippen LogP contribution >= 0.6 is 0 Å². The molecule has 2 amide bonds. The minimum atomic E-state index is -0.608. The van der Waals surface area contributed by atoms with Crippen molar-refractivity contribution < 1.29 is 9.59 Å². The van der Waals surface area contributed by atoms with Gasteiger partial charge in [0.25, 0.3) is 0 Å². The number of carbonyl (C=O) groups excluding carboxylic acids is 2. The van der Waals surface area contributed by atoms with Gasteiger partial charge >= 0.3 is 0 Å². The van der Waals surface area contributed by atoms with E-state index in [4.69, 9.17) is 0 Å². The van der Waals surface area contributed by atoms with Crippen molar-refractivity contribution in [2.75, 3.05) is 0 Å². The van der Waals surface area contributed by atoms with Crippen molar-refractivity contribution >= 4 is 11.8 Å². The Balaban J connectivity index is 2.35. The van der Waals surface area contributed by atoms with Crippen LogP contribution in [0.4, 0.5) is 0 Å². The molecule has 4 nitrogen and oxygen atoms in total. The molecule has 0 aromatic heterocycles. The fourth-order valence-electron chi connectivity index (χ4n) is 3.78. The number of piperazine rings is 1. The quantitative estimate of drug-likeness (QED) is 0.866. The second kappa shape index (κ2) is 6.37. The van der Waals surface area contributed by atoms with Crippen LogP contribution in [0.2, 0.25) is 0 Å². The molecule has 21 heavy (non-hydrogen) atoms. The van der Waals surface area contributed by atoms with Crippen LogP contribution in [0, 0.1) is 5.92 Å². The number of nitrogens with zero attached hydrogens (tertiary/aromatic N) is 1. The largest absolute Gasteiger partial charge is 0.340 e. The number of carbonyl (C=O) groups is 2. The van der Waals surface area contributed by atoms with Crippen LogP contribution in [0.1, 0.15) is 72.6 Å². The molecule has 1 N–H and O–H groups in total. The van der Waals surface area contributed by atoms with E-state index in [0.29, 0.717) is 0 Å². The maximum Gasteiger partial charge on any atom is 0.249 e. The molecule has 2 rings (SSSR count). The van der Waals surface area contributed by atoms with Gasteiger partial charge in [0, 0.05) is 6.04 Å². The van der Waals surface area contributed by atoms with E-state index >= 15 is 0 Å². The zero-order valence-electron chi connectivity index (χ0n) is 13.9.